The van der Waals surface area contributed by atoms with Crippen LogP contribution in [0.5, 0.6) is 0 Å². The number of amides is 1. The van der Waals surface area contributed by atoms with Crippen LogP contribution in [0, 0.1) is 5.92 Å². The standard InChI is InChI=1S/C14H27N5O/c1-10(2)7-15-8-12-9-19(18-17-12)11(3)13(20)16-14(4,5)6/h9-11,15H,7-8H2,1-6H3,(H,16,20). The molecule has 1 heterocycles. The van der Waals surface area contributed by atoms with Gasteiger partial charge in [-0.15, -0.1) is 5.10 Å². The van der Waals surface area contributed by atoms with Crippen molar-refractivity contribution in [1.82, 2.24) is 25.6 Å². The lowest BCUT2D eigenvalue weighted by molar-refractivity contribution is -0.125. The van der Waals surface area contributed by atoms with Crippen molar-refractivity contribution in [2.45, 2.75) is 59.7 Å². The smallest absolute Gasteiger partial charge is 0.245 e. The monoisotopic (exact) mass is 281 g/mol. The Bertz CT molecular complexity index is 433. The number of carbonyl (C=O) groups excluding carboxylic acids is 1. The van der Waals surface area contributed by atoms with Crippen molar-refractivity contribution < 1.29 is 4.79 Å². The number of nitrogens with one attached hydrogen (secondary N) is 2. The van der Waals surface area contributed by atoms with Gasteiger partial charge in [0.05, 0.1) is 11.9 Å². The van der Waals surface area contributed by atoms with Crippen LogP contribution in [-0.2, 0) is 11.3 Å². The number of hydrogen-bond acceptors (Lipinski definition) is 4. The molecule has 6 heteroatoms. The molecular weight excluding hydrogens is 254 g/mol. The van der Waals surface area contributed by atoms with Gasteiger partial charge in [0.25, 0.3) is 0 Å². The second kappa shape index (κ2) is 6.83. The SMILES string of the molecule is CC(C)CNCc1cn(C(C)C(=O)NC(C)(C)C)nn1. The van der Waals surface area contributed by atoms with E-state index in [2.05, 4.69) is 34.8 Å². The van der Waals surface area contributed by atoms with Gasteiger partial charge in [-0.2, -0.15) is 0 Å². The summed E-state index contributed by atoms with van der Waals surface area (Å²) in [6, 6.07) is -0.361. The lowest BCUT2D eigenvalue weighted by Gasteiger charge is -2.23. The van der Waals surface area contributed by atoms with Gasteiger partial charge in [0.1, 0.15) is 6.04 Å². The van der Waals surface area contributed by atoms with Crippen LogP contribution in [0.2, 0.25) is 0 Å². The van der Waals surface area contributed by atoms with Crippen LogP contribution in [0.25, 0.3) is 0 Å². The molecule has 0 aliphatic carbocycles. The maximum absolute atomic E-state index is 12.1. The van der Waals surface area contributed by atoms with E-state index in [9.17, 15) is 4.79 Å². The molecule has 0 fully saturated rings. The molecule has 20 heavy (non-hydrogen) atoms. The van der Waals surface area contributed by atoms with Gasteiger partial charge in [-0.25, -0.2) is 4.68 Å². The van der Waals surface area contributed by atoms with Crippen LogP contribution < -0.4 is 10.6 Å². The maximum Gasteiger partial charge on any atom is 0.245 e. The second-order valence-corrected chi connectivity index (χ2v) is 6.63. The number of carbonyl (C=O) groups is 1. The molecule has 0 aliphatic heterocycles. The first-order chi connectivity index (χ1) is 9.19. The Morgan fingerprint density at radius 1 is 1.35 bits per heavy atom. The quantitative estimate of drug-likeness (QED) is 0.829. The molecule has 0 radical (unpaired) electrons. The molecule has 1 aromatic heterocycles. The average molecular weight is 281 g/mol. The number of rotatable bonds is 6. The summed E-state index contributed by atoms with van der Waals surface area (Å²) in [5.41, 5.74) is 0.606. The maximum atomic E-state index is 12.1. The lowest BCUT2D eigenvalue weighted by Crippen LogP contribution is -2.43. The third kappa shape index (κ3) is 5.69. The number of aromatic nitrogens is 3. The van der Waals surface area contributed by atoms with E-state index in [0.717, 1.165) is 12.2 Å². The highest BCUT2D eigenvalue weighted by molar-refractivity contribution is 5.80. The summed E-state index contributed by atoms with van der Waals surface area (Å²) in [6.07, 6.45) is 1.82. The van der Waals surface area contributed by atoms with Gasteiger partial charge in [0.2, 0.25) is 5.91 Å². The van der Waals surface area contributed by atoms with Crippen molar-refractivity contribution >= 4 is 5.91 Å². The van der Waals surface area contributed by atoms with Crippen LogP contribution in [0.1, 0.15) is 53.3 Å². The van der Waals surface area contributed by atoms with Crippen molar-refractivity contribution in [3.63, 3.8) is 0 Å². The van der Waals surface area contributed by atoms with E-state index in [4.69, 9.17) is 0 Å². The van der Waals surface area contributed by atoms with Gasteiger partial charge in [-0.1, -0.05) is 19.1 Å². The van der Waals surface area contributed by atoms with Gasteiger partial charge >= 0.3 is 0 Å². The Morgan fingerprint density at radius 3 is 2.55 bits per heavy atom. The largest absolute Gasteiger partial charge is 0.350 e. The summed E-state index contributed by atoms with van der Waals surface area (Å²) in [5.74, 6) is 0.547. The first-order valence-electron chi connectivity index (χ1n) is 7.12. The van der Waals surface area contributed by atoms with Crippen LogP contribution in [0.3, 0.4) is 0 Å². The highest BCUT2D eigenvalue weighted by atomic mass is 16.2. The first-order valence-corrected chi connectivity index (χ1v) is 7.12. The topological polar surface area (TPSA) is 71.8 Å². The van der Waals surface area contributed by atoms with Crippen LogP contribution in [0.4, 0.5) is 0 Å². The van der Waals surface area contributed by atoms with Crippen LogP contribution in [-0.4, -0.2) is 33.0 Å². The van der Waals surface area contributed by atoms with Crippen molar-refractivity contribution in [2.75, 3.05) is 6.54 Å². The molecule has 0 saturated heterocycles. The van der Waals surface area contributed by atoms with Gasteiger partial charge in [-0.3, -0.25) is 4.79 Å². The Hall–Kier alpha value is -1.43. The third-order valence-electron chi connectivity index (χ3n) is 2.69. The zero-order valence-corrected chi connectivity index (χ0v) is 13.4. The lowest BCUT2D eigenvalue weighted by atomic mass is 10.1. The normalized spacial score (nSPS) is 13.6. The fraction of sp³-hybridized carbons (Fsp3) is 0.786. The van der Waals surface area contributed by atoms with Gasteiger partial charge in [0, 0.05) is 12.1 Å². The fourth-order valence-corrected chi connectivity index (χ4v) is 1.67. The van der Waals surface area contributed by atoms with E-state index in [1.807, 2.05) is 33.9 Å². The predicted octanol–water partition coefficient (Wildman–Crippen LogP) is 1.50. The molecule has 2 N–H and O–H groups in total. The van der Waals surface area contributed by atoms with Crippen molar-refractivity contribution in [2.24, 2.45) is 5.92 Å². The highest BCUT2D eigenvalue weighted by Crippen LogP contribution is 2.08. The van der Waals surface area contributed by atoms with Gasteiger partial charge in [0.15, 0.2) is 0 Å². The zero-order valence-electron chi connectivity index (χ0n) is 13.4. The first kappa shape index (κ1) is 16.6. The molecule has 1 amide bonds. The third-order valence-corrected chi connectivity index (χ3v) is 2.69. The summed E-state index contributed by atoms with van der Waals surface area (Å²) in [5, 5.41) is 14.4. The Labute approximate surface area is 121 Å². The summed E-state index contributed by atoms with van der Waals surface area (Å²) >= 11 is 0. The van der Waals surface area contributed by atoms with Gasteiger partial charge in [-0.05, 0) is 40.2 Å². The number of hydrogen-bond donors (Lipinski definition) is 2. The minimum absolute atomic E-state index is 0.0518. The summed E-state index contributed by atoms with van der Waals surface area (Å²) in [6.45, 7) is 13.6. The van der Waals surface area contributed by atoms with Crippen molar-refractivity contribution in [3.05, 3.63) is 11.9 Å². The molecule has 0 bridgehead atoms. The predicted molar refractivity (Wildman–Crippen MR) is 79.2 cm³/mol. The van der Waals surface area contributed by atoms with Crippen molar-refractivity contribution in [3.8, 4) is 0 Å². The summed E-state index contributed by atoms with van der Waals surface area (Å²) in [4.78, 5) is 12.1. The molecule has 1 rings (SSSR count). The van der Waals surface area contributed by atoms with Crippen molar-refractivity contribution in [1.29, 1.82) is 0 Å². The fourth-order valence-electron chi connectivity index (χ4n) is 1.67. The molecule has 114 valence electrons. The number of nitrogens with zero attached hydrogens (tertiary/aromatic N) is 3. The molecule has 0 spiro atoms. The van der Waals surface area contributed by atoms with E-state index in [1.165, 1.54) is 0 Å². The Morgan fingerprint density at radius 2 is 2.00 bits per heavy atom. The molecule has 0 saturated carbocycles. The average Bonchev–Trinajstić information content (AvgIpc) is 2.73. The summed E-state index contributed by atoms with van der Waals surface area (Å²) in [7, 11) is 0. The Kier molecular flexibility index (Phi) is 5.68. The molecule has 1 aromatic rings. The second-order valence-electron chi connectivity index (χ2n) is 6.63. The molecule has 1 unspecified atom stereocenters. The van der Waals surface area contributed by atoms with Crippen LogP contribution in [0.15, 0.2) is 6.20 Å². The van der Waals surface area contributed by atoms with E-state index in [0.29, 0.717) is 12.5 Å². The molecule has 1 atom stereocenters. The minimum atomic E-state index is -0.361. The molecule has 0 aromatic carbocycles. The van der Waals surface area contributed by atoms with E-state index < -0.39 is 0 Å². The van der Waals surface area contributed by atoms with E-state index >= 15 is 0 Å². The molecule has 6 nitrogen and oxygen atoms in total. The minimum Gasteiger partial charge on any atom is -0.350 e. The van der Waals surface area contributed by atoms with E-state index in [1.54, 1.807) is 4.68 Å². The molecular formula is C14H27N5O. The van der Waals surface area contributed by atoms with Gasteiger partial charge < -0.3 is 10.6 Å². The van der Waals surface area contributed by atoms with E-state index in [-0.39, 0.29) is 17.5 Å². The molecule has 0 aliphatic rings. The zero-order chi connectivity index (χ0) is 15.3. The Balaban J connectivity index is 2.55. The summed E-state index contributed by atoms with van der Waals surface area (Å²) < 4.78 is 1.60. The highest BCUT2D eigenvalue weighted by Gasteiger charge is 2.21. The van der Waals surface area contributed by atoms with Crippen LogP contribution >= 0.6 is 0 Å².